The summed E-state index contributed by atoms with van der Waals surface area (Å²) < 4.78 is 49.3. The summed E-state index contributed by atoms with van der Waals surface area (Å²) in [5, 5.41) is 11.3. The van der Waals surface area contributed by atoms with Crippen LogP contribution in [-0.4, -0.2) is 37.6 Å². The van der Waals surface area contributed by atoms with Crippen LogP contribution in [0, 0.1) is 17.5 Å². The molecular formula is C12H14F3NO4. The number of ether oxygens (including phenoxy) is 2. The molecule has 1 aromatic carbocycles. The van der Waals surface area contributed by atoms with E-state index in [4.69, 9.17) is 14.6 Å². The number of rotatable bonds is 5. The van der Waals surface area contributed by atoms with E-state index in [0.717, 1.165) is 0 Å². The molecule has 0 saturated heterocycles. The number of methoxy groups -OCH3 is 2. The summed E-state index contributed by atoms with van der Waals surface area (Å²) >= 11 is 0. The van der Waals surface area contributed by atoms with Crippen molar-refractivity contribution < 1.29 is 32.5 Å². The Bertz CT molecular complexity index is 506. The third kappa shape index (κ3) is 3.20. The van der Waals surface area contributed by atoms with E-state index in [9.17, 15) is 18.0 Å². The first-order chi connectivity index (χ1) is 9.33. The van der Waals surface area contributed by atoms with Crippen molar-refractivity contribution in [1.82, 2.24) is 5.32 Å². The molecule has 0 heterocycles. The Morgan fingerprint density at radius 1 is 1.25 bits per heavy atom. The Morgan fingerprint density at radius 3 is 2.30 bits per heavy atom. The zero-order valence-corrected chi connectivity index (χ0v) is 11.0. The molecule has 0 aliphatic rings. The second-order valence-electron chi connectivity index (χ2n) is 3.98. The molecule has 2 N–H and O–H groups in total. The maximum absolute atomic E-state index is 13.5. The Kier molecular flexibility index (Phi) is 5.34. The van der Waals surface area contributed by atoms with Crippen LogP contribution < -0.4 is 5.32 Å². The molecule has 0 aliphatic heterocycles. The molecule has 1 rings (SSSR count). The molecule has 8 heteroatoms. The molecule has 1 amide bonds. The summed E-state index contributed by atoms with van der Waals surface area (Å²) in [5.41, 5.74) is -0.820. The third-order valence-electron chi connectivity index (χ3n) is 2.61. The lowest BCUT2D eigenvalue weighted by atomic mass is 10.1. The van der Waals surface area contributed by atoms with Gasteiger partial charge in [-0.3, -0.25) is 4.79 Å². The van der Waals surface area contributed by atoms with Crippen molar-refractivity contribution in [1.29, 1.82) is 0 Å². The first kappa shape index (κ1) is 16.3. The van der Waals surface area contributed by atoms with Crippen LogP contribution in [0.1, 0.15) is 17.3 Å². The minimum atomic E-state index is -1.75. The maximum Gasteiger partial charge on any atom is 0.254 e. The van der Waals surface area contributed by atoms with E-state index in [2.05, 4.69) is 5.32 Å². The minimum absolute atomic E-state index is 0.362. The first-order valence-corrected chi connectivity index (χ1v) is 5.56. The number of benzene rings is 1. The second-order valence-corrected chi connectivity index (χ2v) is 3.98. The summed E-state index contributed by atoms with van der Waals surface area (Å²) in [4.78, 5) is 11.8. The van der Waals surface area contributed by atoms with Crippen molar-refractivity contribution in [2.24, 2.45) is 0 Å². The average molecular weight is 293 g/mol. The van der Waals surface area contributed by atoms with Crippen LogP contribution in [0.3, 0.4) is 0 Å². The van der Waals surface area contributed by atoms with E-state index >= 15 is 0 Å². The van der Waals surface area contributed by atoms with Crippen molar-refractivity contribution in [3.8, 4) is 5.75 Å². The monoisotopic (exact) mass is 293 g/mol. The van der Waals surface area contributed by atoms with E-state index in [1.165, 1.54) is 21.1 Å². The van der Waals surface area contributed by atoms with Gasteiger partial charge in [-0.05, 0) is 13.0 Å². The molecule has 1 unspecified atom stereocenters. The first-order valence-electron chi connectivity index (χ1n) is 5.56. The van der Waals surface area contributed by atoms with E-state index in [1.54, 1.807) is 0 Å². The van der Waals surface area contributed by atoms with Crippen molar-refractivity contribution in [2.75, 3.05) is 14.2 Å². The molecule has 0 fully saturated rings. The number of aromatic hydroxyl groups is 1. The lowest BCUT2D eigenvalue weighted by Gasteiger charge is -2.22. The van der Waals surface area contributed by atoms with Crippen LogP contribution in [0.2, 0.25) is 0 Å². The zero-order valence-electron chi connectivity index (χ0n) is 11.0. The number of carbonyl (C=O) groups excluding carboxylic acids is 1. The van der Waals surface area contributed by atoms with Gasteiger partial charge >= 0.3 is 0 Å². The van der Waals surface area contributed by atoms with Crippen LogP contribution >= 0.6 is 0 Å². The lowest BCUT2D eigenvalue weighted by molar-refractivity contribution is -0.117. The molecule has 0 bridgehead atoms. The van der Waals surface area contributed by atoms with Gasteiger partial charge in [0.2, 0.25) is 5.82 Å². The van der Waals surface area contributed by atoms with Gasteiger partial charge in [-0.2, -0.15) is 4.39 Å². The standard InChI is InChI=1S/C12H14F3NO4/c1-5(12(19-2)20-3)16-11(18)6-4-7(13)9(15)10(17)8(6)14/h4-5,12,17H,1-3H3,(H,16,18). The van der Waals surface area contributed by atoms with Gasteiger partial charge in [-0.1, -0.05) is 0 Å². The summed E-state index contributed by atoms with van der Waals surface area (Å²) in [5.74, 6) is -7.41. The van der Waals surface area contributed by atoms with E-state index in [1.807, 2.05) is 0 Å². The Balaban J connectivity index is 2.99. The quantitative estimate of drug-likeness (QED) is 0.638. The smallest absolute Gasteiger partial charge is 0.254 e. The number of halogens is 3. The van der Waals surface area contributed by atoms with Crippen LogP contribution in [0.15, 0.2) is 6.07 Å². The van der Waals surface area contributed by atoms with Crippen LogP contribution in [0.25, 0.3) is 0 Å². The molecule has 0 aliphatic carbocycles. The predicted octanol–water partition coefficient (Wildman–Crippen LogP) is 1.55. The molecule has 112 valence electrons. The highest BCUT2D eigenvalue weighted by Crippen LogP contribution is 2.25. The van der Waals surface area contributed by atoms with Gasteiger partial charge in [-0.25, -0.2) is 8.78 Å². The number of carbonyl (C=O) groups is 1. The fraction of sp³-hybridized carbons (Fsp3) is 0.417. The van der Waals surface area contributed by atoms with Gasteiger partial charge in [0.05, 0.1) is 11.6 Å². The van der Waals surface area contributed by atoms with Gasteiger partial charge in [0.25, 0.3) is 5.91 Å². The number of phenols is 1. The Labute approximate surface area is 113 Å². The normalized spacial score (nSPS) is 12.6. The number of amides is 1. The highest BCUT2D eigenvalue weighted by Gasteiger charge is 2.25. The average Bonchev–Trinajstić information content (AvgIpc) is 2.41. The van der Waals surface area contributed by atoms with Crippen molar-refractivity contribution in [2.45, 2.75) is 19.3 Å². The Hall–Kier alpha value is -1.80. The third-order valence-corrected chi connectivity index (χ3v) is 2.61. The van der Waals surface area contributed by atoms with E-state index in [-0.39, 0.29) is 0 Å². The van der Waals surface area contributed by atoms with Crippen LogP contribution in [0.5, 0.6) is 5.75 Å². The van der Waals surface area contributed by atoms with Gasteiger partial charge in [-0.15, -0.1) is 0 Å². The molecular weight excluding hydrogens is 279 g/mol. The highest BCUT2D eigenvalue weighted by atomic mass is 19.2. The van der Waals surface area contributed by atoms with Gasteiger partial charge in [0.15, 0.2) is 23.7 Å². The van der Waals surface area contributed by atoms with Crippen molar-refractivity contribution in [3.63, 3.8) is 0 Å². The second kappa shape index (κ2) is 6.58. The number of nitrogens with one attached hydrogen (secondary N) is 1. The fourth-order valence-electron chi connectivity index (χ4n) is 1.61. The van der Waals surface area contributed by atoms with E-state index in [0.29, 0.717) is 6.07 Å². The number of hydrogen-bond acceptors (Lipinski definition) is 4. The van der Waals surface area contributed by atoms with E-state index < -0.39 is 47.0 Å². The van der Waals surface area contributed by atoms with Crippen molar-refractivity contribution >= 4 is 5.91 Å². The van der Waals surface area contributed by atoms with Gasteiger partial charge in [0.1, 0.15) is 0 Å². The summed E-state index contributed by atoms with van der Waals surface area (Å²) in [6.45, 7) is 1.51. The zero-order chi connectivity index (χ0) is 15.4. The molecule has 1 aromatic rings. The molecule has 1 atom stereocenters. The Morgan fingerprint density at radius 2 is 1.80 bits per heavy atom. The highest BCUT2D eigenvalue weighted by molar-refractivity contribution is 5.95. The summed E-state index contributed by atoms with van der Waals surface area (Å²) in [6, 6.07) is -0.326. The molecule has 0 aromatic heterocycles. The molecule has 5 nitrogen and oxygen atoms in total. The molecule has 0 spiro atoms. The summed E-state index contributed by atoms with van der Waals surface area (Å²) in [6.07, 6.45) is -0.805. The van der Waals surface area contributed by atoms with Crippen molar-refractivity contribution in [3.05, 3.63) is 29.1 Å². The lowest BCUT2D eigenvalue weighted by Crippen LogP contribution is -2.43. The van der Waals surface area contributed by atoms with Gasteiger partial charge < -0.3 is 19.9 Å². The number of hydrogen-bond donors (Lipinski definition) is 2. The molecule has 0 radical (unpaired) electrons. The van der Waals surface area contributed by atoms with Crippen LogP contribution in [-0.2, 0) is 9.47 Å². The van der Waals surface area contributed by atoms with Gasteiger partial charge in [0, 0.05) is 14.2 Å². The summed E-state index contributed by atoms with van der Waals surface area (Å²) in [7, 11) is 2.67. The molecule has 0 saturated carbocycles. The minimum Gasteiger partial charge on any atom is -0.503 e. The largest absolute Gasteiger partial charge is 0.503 e. The number of phenolic OH excluding ortho intramolecular Hbond substituents is 1. The fourth-order valence-corrected chi connectivity index (χ4v) is 1.61. The van der Waals surface area contributed by atoms with Crippen LogP contribution in [0.4, 0.5) is 13.2 Å². The predicted molar refractivity (Wildman–Crippen MR) is 62.7 cm³/mol. The molecule has 20 heavy (non-hydrogen) atoms. The topological polar surface area (TPSA) is 67.8 Å². The maximum atomic E-state index is 13.5. The SMILES string of the molecule is COC(OC)C(C)NC(=O)c1cc(F)c(F)c(O)c1F.